The molecule has 0 aliphatic heterocycles. The second-order valence-electron chi connectivity index (χ2n) is 6.31. The lowest BCUT2D eigenvalue weighted by atomic mass is 10.1. The summed E-state index contributed by atoms with van der Waals surface area (Å²) in [5, 5.41) is 10.7. The summed E-state index contributed by atoms with van der Waals surface area (Å²) in [5.74, 6) is -0.676. The molecule has 0 aromatic heterocycles. The van der Waals surface area contributed by atoms with Crippen molar-refractivity contribution in [2.75, 3.05) is 5.32 Å². The number of carbonyl (C=O) groups excluding carboxylic acids is 2. The van der Waals surface area contributed by atoms with Gasteiger partial charge in [-0.15, -0.1) is 0 Å². The van der Waals surface area contributed by atoms with Gasteiger partial charge in [-0.3, -0.25) is 9.59 Å². The van der Waals surface area contributed by atoms with E-state index in [2.05, 4.69) is 10.6 Å². The number of rotatable bonds is 5. The van der Waals surface area contributed by atoms with Crippen LogP contribution in [0.1, 0.15) is 39.1 Å². The Labute approximate surface area is 151 Å². The molecule has 26 heavy (non-hydrogen) atoms. The molecular formula is C18H19N3O4S. The van der Waals surface area contributed by atoms with Crippen molar-refractivity contribution in [3.05, 3.63) is 59.2 Å². The van der Waals surface area contributed by atoms with Gasteiger partial charge in [-0.1, -0.05) is 12.1 Å². The van der Waals surface area contributed by atoms with Crippen LogP contribution in [0.25, 0.3) is 0 Å². The molecular weight excluding hydrogens is 354 g/mol. The fourth-order valence-corrected chi connectivity index (χ4v) is 3.29. The van der Waals surface area contributed by atoms with E-state index in [1.54, 1.807) is 31.2 Å². The van der Waals surface area contributed by atoms with Gasteiger partial charge < -0.3 is 10.6 Å². The van der Waals surface area contributed by atoms with Crippen molar-refractivity contribution in [1.82, 2.24) is 5.32 Å². The Morgan fingerprint density at radius 3 is 2.38 bits per heavy atom. The van der Waals surface area contributed by atoms with Gasteiger partial charge in [0.05, 0.1) is 4.90 Å². The van der Waals surface area contributed by atoms with Crippen molar-refractivity contribution in [2.45, 2.75) is 30.7 Å². The van der Waals surface area contributed by atoms with Gasteiger partial charge in [0, 0.05) is 22.9 Å². The summed E-state index contributed by atoms with van der Waals surface area (Å²) in [6.07, 6.45) is 1.98. The van der Waals surface area contributed by atoms with E-state index in [-0.39, 0.29) is 22.4 Å². The number of hydrogen-bond donors (Lipinski definition) is 3. The molecule has 0 atom stereocenters. The summed E-state index contributed by atoms with van der Waals surface area (Å²) in [5.41, 5.74) is 1.51. The number of hydrogen-bond acceptors (Lipinski definition) is 4. The second kappa shape index (κ2) is 6.89. The number of anilines is 1. The molecule has 7 nitrogen and oxygen atoms in total. The van der Waals surface area contributed by atoms with E-state index in [0.717, 1.165) is 12.8 Å². The number of nitrogens with one attached hydrogen (secondary N) is 2. The average Bonchev–Trinajstić information content (AvgIpc) is 3.38. The zero-order valence-electron chi connectivity index (χ0n) is 14.2. The number of primary sulfonamides is 1. The topological polar surface area (TPSA) is 118 Å². The van der Waals surface area contributed by atoms with Gasteiger partial charge in [0.1, 0.15) is 0 Å². The van der Waals surface area contributed by atoms with Crippen LogP contribution in [0.4, 0.5) is 5.69 Å². The maximum Gasteiger partial charge on any atom is 0.255 e. The molecule has 0 unspecified atom stereocenters. The summed E-state index contributed by atoms with van der Waals surface area (Å²) >= 11 is 0. The van der Waals surface area contributed by atoms with Crippen LogP contribution in [0.3, 0.4) is 0 Å². The first-order valence-electron chi connectivity index (χ1n) is 8.10. The van der Waals surface area contributed by atoms with Gasteiger partial charge in [0.25, 0.3) is 11.8 Å². The van der Waals surface area contributed by atoms with Crippen molar-refractivity contribution in [2.24, 2.45) is 5.14 Å². The van der Waals surface area contributed by atoms with Crippen molar-refractivity contribution < 1.29 is 18.0 Å². The number of carbonyl (C=O) groups is 2. The van der Waals surface area contributed by atoms with Gasteiger partial charge in [0.2, 0.25) is 10.0 Å². The zero-order chi connectivity index (χ0) is 18.9. The first kappa shape index (κ1) is 18.1. The highest BCUT2D eigenvalue weighted by Crippen LogP contribution is 2.21. The van der Waals surface area contributed by atoms with Gasteiger partial charge in [-0.05, 0) is 55.7 Å². The average molecular weight is 373 g/mol. The third kappa shape index (κ3) is 4.27. The first-order chi connectivity index (χ1) is 12.2. The Kier molecular flexibility index (Phi) is 4.80. The van der Waals surface area contributed by atoms with E-state index in [9.17, 15) is 18.0 Å². The van der Waals surface area contributed by atoms with Crippen LogP contribution >= 0.6 is 0 Å². The normalized spacial score (nSPS) is 13.9. The second-order valence-corrected chi connectivity index (χ2v) is 7.84. The maximum atomic E-state index is 12.4. The van der Waals surface area contributed by atoms with E-state index >= 15 is 0 Å². The van der Waals surface area contributed by atoms with Gasteiger partial charge in [0.15, 0.2) is 0 Å². The predicted molar refractivity (Wildman–Crippen MR) is 97.4 cm³/mol. The van der Waals surface area contributed by atoms with Crippen LogP contribution in [-0.2, 0) is 10.0 Å². The summed E-state index contributed by atoms with van der Waals surface area (Å²) in [7, 11) is -3.92. The Morgan fingerprint density at radius 2 is 1.73 bits per heavy atom. The fraction of sp³-hybridized carbons (Fsp3) is 0.222. The van der Waals surface area contributed by atoms with Crippen LogP contribution in [0.15, 0.2) is 47.4 Å². The maximum absolute atomic E-state index is 12.4. The summed E-state index contributed by atoms with van der Waals surface area (Å²) in [6, 6.07) is 11.1. The van der Waals surface area contributed by atoms with E-state index in [1.807, 2.05) is 0 Å². The molecule has 4 N–H and O–H groups in total. The standard InChI is InChI=1S/C18H19N3O4S/c1-11-5-6-13(10-16(11)26(19,24)25)18(23)21-15-4-2-3-12(9-15)17(22)20-14-7-8-14/h2-6,9-10,14H,7-8H2,1H3,(H,20,22)(H,21,23)(H2,19,24,25). The smallest absolute Gasteiger partial charge is 0.255 e. The minimum Gasteiger partial charge on any atom is -0.349 e. The van der Waals surface area contributed by atoms with E-state index in [4.69, 9.17) is 5.14 Å². The fourth-order valence-electron chi connectivity index (χ4n) is 2.49. The highest BCUT2D eigenvalue weighted by Gasteiger charge is 2.24. The van der Waals surface area contributed by atoms with Crippen molar-refractivity contribution >= 4 is 27.5 Å². The minimum atomic E-state index is -3.92. The van der Waals surface area contributed by atoms with E-state index < -0.39 is 15.9 Å². The molecule has 8 heteroatoms. The molecule has 2 amide bonds. The molecule has 0 radical (unpaired) electrons. The van der Waals surface area contributed by atoms with Crippen LogP contribution in [-0.4, -0.2) is 26.3 Å². The molecule has 2 aromatic carbocycles. The molecule has 0 heterocycles. The van der Waals surface area contributed by atoms with Crippen LogP contribution in [0.5, 0.6) is 0 Å². The Hall–Kier alpha value is -2.71. The lowest BCUT2D eigenvalue weighted by Gasteiger charge is -2.10. The van der Waals surface area contributed by atoms with Crippen LogP contribution < -0.4 is 15.8 Å². The first-order valence-corrected chi connectivity index (χ1v) is 9.64. The number of benzene rings is 2. The van der Waals surface area contributed by atoms with Crippen LogP contribution in [0.2, 0.25) is 0 Å². The molecule has 136 valence electrons. The third-order valence-electron chi connectivity index (χ3n) is 4.05. The molecule has 0 saturated heterocycles. The highest BCUT2D eigenvalue weighted by molar-refractivity contribution is 7.89. The Balaban J connectivity index is 1.79. The molecule has 1 saturated carbocycles. The Bertz CT molecular complexity index is 982. The number of aryl methyl sites for hydroxylation is 1. The minimum absolute atomic E-state index is 0.0947. The van der Waals surface area contributed by atoms with Crippen LogP contribution in [0, 0.1) is 6.92 Å². The Morgan fingerprint density at radius 1 is 1.04 bits per heavy atom. The molecule has 1 fully saturated rings. The van der Waals surface area contributed by atoms with Gasteiger partial charge in [-0.2, -0.15) is 0 Å². The van der Waals surface area contributed by atoms with Crippen molar-refractivity contribution in [1.29, 1.82) is 0 Å². The summed E-state index contributed by atoms with van der Waals surface area (Å²) in [4.78, 5) is 24.4. The predicted octanol–water partition coefficient (Wildman–Crippen LogP) is 1.79. The molecule has 1 aliphatic rings. The number of amides is 2. The summed E-state index contributed by atoms with van der Waals surface area (Å²) in [6.45, 7) is 1.60. The van der Waals surface area contributed by atoms with Gasteiger partial charge in [-0.25, -0.2) is 13.6 Å². The molecule has 3 rings (SSSR count). The molecule has 0 bridgehead atoms. The van der Waals surface area contributed by atoms with Gasteiger partial charge >= 0.3 is 0 Å². The molecule has 0 spiro atoms. The molecule has 2 aromatic rings. The summed E-state index contributed by atoms with van der Waals surface area (Å²) < 4.78 is 23.2. The third-order valence-corrected chi connectivity index (χ3v) is 5.10. The number of nitrogens with two attached hydrogens (primary N) is 1. The molecule has 1 aliphatic carbocycles. The zero-order valence-corrected chi connectivity index (χ0v) is 15.0. The number of sulfonamides is 1. The largest absolute Gasteiger partial charge is 0.349 e. The lowest BCUT2D eigenvalue weighted by Crippen LogP contribution is -2.25. The quantitative estimate of drug-likeness (QED) is 0.740. The van der Waals surface area contributed by atoms with E-state index in [1.165, 1.54) is 18.2 Å². The van der Waals surface area contributed by atoms with Crippen molar-refractivity contribution in [3.8, 4) is 0 Å². The van der Waals surface area contributed by atoms with Crippen molar-refractivity contribution in [3.63, 3.8) is 0 Å². The lowest BCUT2D eigenvalue weighted by molar-refractivity contribution is 0.0949. The SMILES string of the molecule is Cc1ccc(C(=O)Nc2cccc(C(=O)NC3CC3)c2)cc1S(N)(=O)=O. The van der Waals surface area contributed by atoms with E-state index in [0.29, 0.717) is 16.8 Å². The monoisotopic (exact) mass is 373 g/mol. The highest BCUT2D eigenvalue weighted by atomic mass is 32.2.